The van der Waals surface area contributed by atoms with E-state index in [1.165, 1.54) is 0 Å². The van der Waals surface area contributed by atoms with E-state index in [2.05, 4.69) is 0 Å². The summed E-state index contributed by atoms with van der Waals surface area (Å²) in [5.41, 5.74) is -0.851. The molecule has 5 nitrogen and oxygen atoms in total. The number of carbonyl (C=O) groups is 2. The number of amides is 1. The van der Waals surface area contributed by atoms with Crippen molar-refractivity contribution in [3.63, 3.8) is 0 Å². The highest BCUT2D eigenvalue weighted by Crippen LogP contribution is 2.40. The van der Waals surface area contributed by atoms with Crippen molar-refractivity contribution in [3.8, 4) is 0 Å². The minimum atomic E-state index is -0.851. The molecule has 1 unspecified atom stereocenters. The van der Waals surface area contributed by atoms with Crippen molar-refractivity contribution < 1.29 is 19.4 Å². The van der Waals surface area contributed by atoms with Gasteiger partial charge in [0.1, 0.15) is 0 Å². The molecule has 5 heteroatoms. The van der Waals surface area contributed by atoms with Gasteiger partial charge >= 0.3 is 5.97 Å². The Morgan fingerprint density at radius 1 is 1.32 bits per heavy atom. The maximum absolute atomic E-state index is 12.2. The average molecular weight is 271 g/mol. The number of carbonyl (C=O) groups excluding carboxylic acids is 1. The van der Waals surface area contributed by atoms with E-state index in [9.17, 15) is 14.7 Å². The second-order valence-corrected chi connectivity index (χ2v) is 5.63. The third kappa shape index (κ3) is 3.93. The zero-order valence-corrected chi connectivity index (χ0v) is 12.1. The molecule has 1 atom stereocenters. The van der Waals surface area contributed by atoms with E-state index in [0.717, 1.165) is 19.3 Å². The highest BCUT2D eigenvalue weighted by atomic mass is 16.5. The van der Waals surface area contributed by atoms with E-state index in [4.69, 9.17) is 4.74 Å². The summed E-state index contributed by atoms with van der Waals surface area (Å²) < 4.78 is 5.03. The topological polar surface area (TPSA) is 66.8 Å². The fourth-order valence-corrected chi connectivity index (χ4v) is 2.71. The Balaban J connectivity index is 2.69. The normalized spacial score (nSPS) is 19.7. The Kier molecular flexibility index (Phi) is 5.79. The van der Waals surface area contributed by atoms with Crippen LogP contribution in [0.25, 0.3) is 0 Å². The van der Waals surface area contributed by atoms with Gasteiger partial charge in [0.05, 0.1) is 18.1 Å². The molecule has 1 rings (SSSR count). The van der Waals surface area contributed by atoms with Gasteiger partial charge in [-0.1, -0.05) is 19.3 Å². The zero-order chi connectivity index (χ0) is 14.5. The largest absolute Gasteiger partial charge is 0.481 e. The minimum absolute atomic E-state index is 0.0352. The maximum atomic E-state index is 12.2. The molecule has 1 fully saturated rings. The van der Waals surface area contributed by atoms with Crippen LogP contribution in [0, 0.1) is 5.41 Å². The number of rotatable bonds is 6. The molecular formula is C14H25NO4. The molecule has 0 radical (unpaired) electrons. The lowest BCUT2D eigenvalue weighted by atomic mass is 9.71. The standard InChI is InChI=1S/C14H25NO4/c1-11(10-19-3)15(2)12(16)9-14(13(17)18)7-5-4-6-8-14/h11H,4-10H2,1-3H3,(H,17,18). The van der Waals surface area contributed by atoms with Crippen LogP contribution >= 0.6 is 0 Å². The molecular weight excluding hydrogens is 246 g/mol. The molecule has 0 saturated heterocycles. The number of methoxy groups -OCH3 is 1. The molecule has 1 aliphatic rings. The van der Waals surface area contributed by atoms with Crippen LogP contribution in [-0.4, -0.2) is 48.7 Å². The molecule has 0 heterocycles. The molecule has 0 aliphatic heterocycles. The first-order valence-electron chi connectivity index (χ1n) is 6.91. The van der Waals surface area contributed by atoms with Crippen LogP contribution in [0.5, 0.6) is 0 Å². The molecule has 1 aliphatic carbocycles. The maximum Gasteiger partial charge on any atom is 0.310 e. The van der Waals surface area contributed by atoms with Crippen molar-refractivity contribution in [1.29, 1.82) is 0 Å². The van der Waals surface area contributed by atoms with E-state index >= 15 is 0 Å². The van der Waals surface area contributed by atoms with Crippen molar-refractivity contribution in [3.05, 3.63) is 0 Å². The van der Waals surface area contributed by atoms with E-state index in [0.29, 0.717) is 19.4 Å². The third-order valence-corrected chi connectivity index (χ3v) is 4.22. The number of carboxylic acid groups (broad SMARTS) is 1. The first kappa shape index (κ1) is 16.0. The zero-order valence-electron chi connectivity index (χ0n) is 12.1. The SMILES string of the molecule is COCC(C)N(C)C(=O)CC1(C(=O)O)CCCCC1. The van der Waals surface area contributed by atoms with E-state index in [1.54, 1.807) is 19.1 Å². The number of aliphatic carboxylic acids is 1. The van der Waals surface area contributed by atoms with Gasteiger partial charge in [-0.2, -0.15) is 0 Å². The van der Waals surface area contributed by atoms with Gasteiger partial charge in [-0.15, -0.1) is 0 Å². The lowest BCUT2D eigenvalue weighted by Crippen LogP contribution is -2.43. The van der Waals surface area contributed by atoms with Crippen molar-refractivity contribution in [2.45, 2.75) is 51.5 Å². The van der Waals surface area contributed by atoms with Gasteiger partial charge in [-0.25, -0.2) is 0 Å². The summed E-state index contributed by atoms with van der Waals surface area (Å²) in [7, 11) is 3.30. The second-order valence-electron chi connectivity index (χ2n) is 5.63. The summed E-state index contributed by atoms with van der Waals surface area (Å²) in [5.74, 6) is -0.929. The van der Waals surface area contributed by atoms with Crippen molar-refractivity contribution in [1.82, 2.24) is 4.90 Å². The molecule has 0 aromatic rings. The number of ether oxygens (including phenoxy) is 1. The molecule has 110 valence electrons. The van der Waals surface area contributed by atoms with Gasteiger partial charge < -0.3 is 14.7 Å². The van der Waals surface area contributed by atoms with Gasteiger partial charge in [0.15, 0.2) is 0 Å². The van der Waals surface area contributed by atoms with E-state index in [-0.39, 0.29) is 18.4 Å². The van der Waals surface area contributed by atoms with Gasteiger partial charge in [-0.3, -0.25) is 9.59 Å². The molecule has 0 aromatic carbocycles. The van der Waals surface area contributed by atoms with Crippen LogP contribution in [0.1, 0.15) is 45.4 Å². The molecule has 1 N–H and O–H groups in total. The molecule has 0 spiro atoms. The fraction of sp³-hybridized carbons (Fsp3) is 0.857. The second kappa shape index (κ2) is 6.89. The van der Waals surface area contributed by atoms with Crippen LogP contribution in [0.2, 0.25) is 0 Å². The predicted octanol–water partition coefficient (Wildman–Crippen LogP) is 1.90. The first-order valence-corrected chi connectivity index (χ1v) is 6.91. The van der Waals surface area contributed by atoms with E-state index in [1.807, 2.05) is 6.92 Å². The summed E-state index contributed by atoms with van der Waals surface area (Å²) in [4.78, 5) is 25.4. The lowest BCUT2D eigenvalue weighted by molar-refractivity contribution is -0.156. The quantitative estimate of drug-likeness (QED) is 0.801. The Hall–Kier alpha value is -1.10. The van der Waals surface area contributed by atoms with Gasteiger partial charge in [0, 0.05) is 20.6 Å². The Labute approximate surface area is 114 Å². The summed E-state index contributed by atoms with van der Waals surface area (Å²) in [6.07, 6.45) is 4.20. The first-order chi connectivity index (χ1) is 8.93. The Morgan fingerprint density at radius 2 is 1.89 bits per heavy atom. The van der Waals surface area contributed by atoms with Gasteiger partial charge in [0.25, 0.3) is 0 Å². The predicted molar refractivity (Wildman–Crippen MR) is 71.9 cm³/mol. The van der Waals surface area contributed by atoms with Crippen molar-refractivity contribution >= 4 is 11.9 Å². The summed E-state index contributed by atoms with van der Waals surface area (Å²) >= 11 is 0. The average Bonchev–Trinajstić information content (AvgIpc) is 2.39. The number of carboxylic acids is 1. The van der Waals surface area contributed by atoms with Crippen LogP contribution < -0.4 is 0 Å². The fourth-order valence-electron chi connectivity index (χ4n) is 2.71. The number of nitrogens with zero attached hydrogens (tertiary/aromatic N) is 1. The Morgan fingerprint density at radius 3 is 2.37 bits per heavy atom. The molecule has 0 bridgehead atoms. The highest BCUT2D eigenvalue weighted by molar-refractivity contribution is 5.85. The van der Waals surface area contributed by atoms with Crippen LogP contribution in [0.4, 0.5) is 0 Å². The Bertz CT molecular complexity index is 323. The van der Waals surface area contributed by atoms with Crippen LogP contribution in [0.15, 0.2) is 0 Å². The molecule has 1 saturated carbocycles. The monoisotopic (exact) mass is 271 g/mol. The van der Waals surface area contributed by atoms with E-state index < -0.39 is 11.4 Å². The summed E-state index contributed by atoms with van der Waals surface area (Å²) in [5, 5.41) is 9.47. The molecule has 0 aromatic heterocycles. The summed E-state index contributed by atoms with van der Waals surface area (Å²) in [6.45, 7) is 2.36. The van der Waals surface area contributed by atoms with Crippen LogP contribution in [0.3, 0.4) is 0 Å². The number of hydrogen-bond donors (Lipinski definition) is 1. The van der Waals surface area contributed by atoms with Crippen molar-refractivity contribution in [2.24, 2.45) is 5.41 Å². The van der Waals surface area contributed by atoms with Crippen molar-refractivity contribution in [2.75, 3.05) is 20.8 Å². The number of hydrogen-bond acceptors (Lipinski definition) is 3. The summed E-state index contributed by atoms with van der Waals surface area (Å²) in [6, 6.07) is -0.0352. The van der Waals surface area contributed by atoms with Gasteiger partial charge in [-0.05, 0) is 19.8 Å². The third-order valence-electron chi connectivity index (χ3n) is 4.22. The minimum Gasteiger partial charge on any atom is -0.481 e. The lowest BCUT2D eigenvalue weighted by Gasteiger charge is -2.35. The van der Waals surface area contributed by atoms with Crippen LogP contribution in [-0.2, 0) is 14.3 Å². The smallest absolute Gasteiger partial charge is 0.310 e. The molecule has 19 heavy (non-hydrogen) atoms. The van der Waals surface area contributed by atoms with Gasteiger partial charge in [0.2, 0.25) is 5.91 Å². The highest BCUT2D eigenvalue weighted by Gasteiger charge is 2.42. The number of likely N-dealkylation sites (N-methyl/N-ethyl adjacent to an activating group) is 1. The molecule has 1 amide bonds.